The van der Waals surface area contributed by atoms with Crippen LogP contribution < -0.4 is 10.4 Å². The molecule has 0 radical (unpaired) electrons. The first kappa shape index (κ1) is 13.5. The largest absolute Gasteiger partial charge is 0.778 e. The molecule has 1 aromatic rings. The van der Waals surface area contributed by atoms with Crippen molar-refractivity contribution in [1.82, 2.24) is 0 Å². The van der Waals surface area contributed by atoms with Crippen LogP contribution in [0.15, 0.2) is 41.3 Å². The number of hydrogen-bond donors (Lipinski definition) is 1. The van der Waals surface area contributed by atoms with Gasteiger partial charge in [-0.25, -0.2) is 0 Å². The summed E-state index contributed by atoms with van der Waals surface area (Å²) in [6.45, 7) is 0. The molecule has 0 aromatic heterocycles. The van der Waals surface area contributed by atoms with Gasteiger partial charge < -0.3 is 27.8 Å². The third-order valence-corrected chi connectivity index (χ3v) is 3.57. The first-order chi connectivity index (χ1) is 9.09. The molecule has 0 saturated carbocycles. The molecular formula is C14H13NO3S-2. The molecule has 0 heterocycles. The number of carbonyl (C=O) groups excluding carboxylic acids is 2. The van der Waals surface area contributed by atoms with Crippen molar-refractivity contribution >= 4 is 30.2 Å². The average molecular weight is 275 g/mol. The van der Waals surface area contributed by atoms with Crippen molar-refractivity contribution in [2.24, 2.45) is 11.8 Å². The first-order valence-corrected chi connectivity index (χ1v) is 6.43. The van der Waals surface area contributed by atoms with Crippen molar-refractivity contribution in [2.75, 3.05) is 5.32 Å². The van der Waals surface area contributed by atoms with Gasteiger partial charge in [-0.3, -0.25) is 4.79 Å². The fourth-order valence-electron chi connectivity index (χ4n) is 2.16. The van der Waals surface area contributed by atoms with Gasteiger partial charge in [0.15, 0.2) is 0 Å². The number of para-hydroxylation sites is 1. The molecule has 0 unspecified atom stereocenters. The summed E-state index contributed by atoms with van der Waals surface area (Å²) in [6, 6.07) is 6.96. The molecule has 2 rings (SSSR count). The zero-order chi connectivity index (χ0) is 13.8. The monoisotopic (exact) mass is 275 g/mol. The highest BCUT2D eigenvalue weighted by Gasteiger charge is 2.29. The molecule has 19 heavy (non-hydrogen) atoms. The quantitative estimate of drug-likeness (QED) is 0.656. The molecule has 2 atom stereocenters. The number of carboxylic acids is 1. The Morgan fingerprint density at radius 1 is 1.16 bits per heavy atom. The number of anilines is 1. The van der Waals surface area contributed by atoms with Crippen LogP contribution in [0.5, 0.6) is 0 Å². The Kier molecular flexibility index (Phi) is 4.16. The minimum Gasteiger partial charge on any atom is -0.778 e. The lowest BCUT2D eigenvalue weighted by Gasteiger charge is -2.28. The number of allylic oxidation sites excluding steroid dienone is 2. The van der Waals surface area contributed by atoms with E-state index < -0.39 is 17.8 Å². The molecule has 0 aliphatic heterocycles. The van der Waals surface area contributed by atoms with Crippen molar-refractivity contribution in [2.45, 2.75) is 17.7 Å². The van der Waals surface area contributed by atoms with E-state index in [0.717, 1.165) is 0 Å². The second kappa shape index (κ2) is 5.84. The van der Waals surface area contributed by atoms with Crippen molar-refractivity contribution in [3.05, 3.63) is 36.4 Å². The highest BCUT2D eigenvalue weighted by atomic mass is 32.1. The molecular weight excluding hydrogens is 262 g/mol. The van der Waals surface area contributed by atoms with E-state index in [1.54, 1.807) is 30.3 Å². The number of nitrogens with one attached hydrogen (secondary N) is 1. The molecule has 0 spiro atoms. The van der Waals surface area contributed by atoms with E-state index in [9.17, 15) is 14.7 Å². The molecule has 5 heteroatoms. The lowest BCUT2D eigenvalue weighted by molar-refractivity contribution is -0.313. The van der Waals surface area contributed by atoms with Gasteiger partial charge >= 0.3 is 0 Å². The smallest absolute Gasteiger partial charge is 0.228 e. The molecule has 1 amide bonds. The molecule has 0 bridgehead atoms. The van der Waals surface area contributed by atoms with Crippen LogP contribution in [-0.2, 0) is 22.2 Å². The topological polar surface area (TPSA) is 69.2 Å². The SMILES string of the molecule is O=C([O-])[C@@H]1CC=CC[C@H]1C(=O)Nc1ccccc1[S-]. The molecule has 100 valence electrons. The summed E-state index contributed by atoms with van der Waals surface area (Å²) in [6.07, 6.45) is 4.33. The summed E-state index contributed by atoms with van der Waals surface area (Å²) in [5.41, 5.74) is 0.536. The van der Waals surface area contributed by atoms with E-state index in [2.05, 4.69) is 5.32 Å². The van der Waals surface area contributed by atoms with E-state index in [-0.39, 0.29) is 5.91 Å². The van der Waals surface area contributed by atoms with Crippen LogP contribution in [0.2, 0.25) is 0 Å². The van der Waals surface area contributed by atoms with Gasteiger partial charge in [-0.2, -0.15) is 4.90 Å². The summed E-state index contributed by atoms with van der Waals surface area (Å²) in [4.78, 5) is 23.7. The average Bonchev–Trinajstić information content (AvgIpc) is 2.41. The summed E-state index contributed by atoms with van der Waals surface area (Å²) in [5, 5.41) is 13.7. The highest BCUT2D eigenvalue weighted by molar-refractivity contribution is 7.59. The number of benzene rings is 1. The summed E-state index contributed by atoms with van der Waals surface area (Å²) in [7, 11) is 0. The Morgan fingerprint density at radius 3 is 2.42 bits per heavy atom. The molecule has 4 nitrogen and oxygen atoms in total. The van der Waals surface area contributed by atoms with Gasteiger partial charge in [0.25, 0.3) is 0 Å². The van der Waals surface area contributed by atoms with Crippen LogP contribution in [0.25, 0.3) is 0 Å². The van der Waals surface area contributed by atoms with E-state index in [1.807, 2.05) is 6.08 Å². The molecule has 1 aliphatic carbocycles. The van der Waals surface area contributed by atoms with Gasteiger partial charge in [-0.1, -0.05) is 30.4 Å². The summed E-state index contributed by atoms with van der Waals surface area (Å²) >= 11 is 5.10. The predicted octanol–water partition coefficient (Wildman–Crippen LogP) is 0.863. The Morgan fingerprint density at radius 2 is 1.79 bits per heavy atom. The zero-order valence-electron chi connectivity index (χ0n) is 10.2. The first-order valence-electron chi connectivity index (χ1n) is 6.02. The number of carbonyl (C=O) groups is 2. The minimum absolute atomic E-state index is 0.323. The maximum absolute atomic E-state index is 12.2. The van der Waals surface area contributed by atoms with E-state index in [4.69, 9.17) is 12.6 Å². The van der Waals surface area contributed by atoms with Crippen LogP contribution >= 0.6 is 0 Å². The summed E-state index contributed by atoms with van der Waals surface area (Å²) in [5.74, 6) is -2.89. The van der Waals surface area contributed by atoms with Crippen molar-refractivity contribution in [3.8, 4) is 0 Å². The lowest BCUT2D eigenvalue weighted by Crippen LogP contribution is -2.41. The molecule has 1 aromatic carbocycles. The van der Waals surface area contributed by atoms with Gasteiger partial charge in [-0.15, -0.1) is 0 Å². The van der Waals surface area contributed by atoms with Crippen LogP contribution in [0.3, 0.4) is 0 Å². The Bertz CT molecular complexity index is 527. The van der Waals surface area contributed by atoms with Crippen LogP contribution in [0.4, 0.5) is 5.69 Å². The minimum atomic E-state index is -1.18. The molecule has 0 saturated heterocycles. The number of aliphatic carboxylic acids is 1. The Hall–Kier alpha value is -1.88. The number of hydrogen-bond acceptors (Lipinski definition) is 4. The fraction of sp³-hybridized carbons (Fsp3) is 0.286. The number of carboxylic acid groups (broad SMARTS) is 1. The predicted molar refractivity (Wildman–Crippen MR) is 71.1 cm³/mol. The van der Waals surface area contributed by atoms with E-state index in [0.29, 0.717) is 23.4 Å². The second-order valence-corrected chi connectivity index (χ2v) is 4.90. The third-order valence-electron chi connectivity index (χ3n) is 3.22. The standard InChI is InChI=1S/C14H15NO3S/c16-13(15-11-7-3-4-8-12(11)19)9-5-1-2-6-10(9)14(17)18/h1-4,7-10,19H,5-6H2,(H,15,16)(H,17,18)/p-2/t9-,10-/m1/s1. The highest BCUT2D eigenvalue weighted by Crippen LogP contribution is 2.27. The Balaban J connectivity index is 2.13. The van der Waals surface area contributed by atoms with Crippen molar-refractivity contribution in [1.29, 1.82) is 0 Å². The molecule has 0 fully saturated rings. The van der Waals surface area contributed by atoms with Gasteiger partial charge in [0, 0.05) is 17.6 Å². The normalized spacial score (nSPS) is 21.9. The van der Waals surface area contributed by atoms with Gasteiger partial charge in [-0.05, 0) is 18.9 Å². The summed E-state index contributed by atoms with van der Waals surface area (Å²) < 4.78 is 0. The van der Waals surface area contributed by atoms with Crippen LogP contribution in [-0.4, -0.2) is 11.9 Å². The fourth-order valence-corrected chi connectivity index (χ4v) is 2.36. The Labute approximate surface area is 116 Å². The maximum Gasteiger partial charge on any atom is 0.228 e. The molecule has 1 aliphatic rings. The van der Waals surface area contributed by atoms with Gasteiger partial charge in [0.1, 0.15) is 0 Å². The number of rotatable bonds is 3. The van der Waals surface area contributed by atoms with Gasteiger partial charge in [0.05, 0.1) is 5.92 Å². The van der Waals surface area contributed by atoms with Crippen LogP contribution in [0, 0.1) is 11.8 Å². The number of amides is 1. The van der Waals surface area contributed by atoms with Crippen LogP contribution in [0.1, 0.15) is 12.8 Å². The molecule has 1 N–H and O–H groups in total. The van der Waals surface area contributed by atoms with E-state index >= 15 is 0 Å². The van der Waals surface area contributed by atoms with Crippen molar-refractivity contribution < 1.29 is 14.7 Å². The van der Waals surface area contributed by atoms with Crippen molar-refractivity contribution in [3.63, 3.8) is 0 Å². The zero-order valence-corrected chi connectivity index (χ0v) is 11.0. The van der Waals surface area contributed by atoms with Gasteiger partial charge in [0.2, 0.25) is 5.91 Å². The third kappa shape index (κ3) is 3.12. The maximum atomic E-state index is 12.2. The van der Waals surface area contributed by atoms with E-state index in [1.165, 1.54) is 0 Å². The second-order valence-electron chi connectivity index (χ2n) is 4.46. The lowest BCUT2D eigenvalue weighted by atomic mass is 9.82.